The third-order valence-corrected chi connectivity index (χ3v) is 7.27. The lowest BCUT2D eigenvalue weighted by atomic mass is 9.96. The minimum Gasteiger partial charge on any atom is -0.459 e. The molecule has 46 heavy (non-hydrogen) atoms. The summed E-state index contributed by atoms with van der Waals surface area (Å²) in [6.07, 6.45) is -0.210. The number of nitrogens with one attached hydrogen (secondary N) is 2. The third-order valence-electron chi connectivity index (χ3n) is 7.27. The average Bonchev–Trinajstić information content (AvgIpc) is 2.97. The standard InChI is InChI=1S/C34H55FN4O7/c1-21(2)17-26(29(40)36-24(6)32(43)45-20-25-15-13-12-14-16-25)38(10)31(42)28(23(5)19-35)37-30(41)27(18-22(3)4)39(11)33(44)46-34(7,8)9/h12-16,21-24,26-28H,17-20H2,1-11H3,(H,36,40)(H,37,41)/t23?,24-,26-,27-,28-/m0/s1. The summed E-state index contributed by atoms with van der Waals surface area (Å²) in [4.78, 5) is 68.8. The van der Waals surface area contributed by atoms with Gasteiger partial charge in [-0.2, -0.15) is 0 Å². The Kier molecular flexibility index (Phi) is 16.2. The Morgan fingerprint density at radius 3 is 1.78 bits per heavy atom. The smallest absolute Gasteiger partial charge is 0.410 e. The monoisotopic (exact) mass is 650 g/mol. The van der Waals surface area contributed by atoms with Crippen LogP contribution < -0.4 is 10.6 Å². The summed E-state index contributed by atoms with van der Waals surface area (Å²) in [7, 11) is 2.85. The number of amides is 4. The molecule has 0 saturated heterocycles. The number of esters is 1. The zero-order valence-corrected chi connectivity index (χ0v) is 29.4. The highest BCUT2D eigenvalue weighted by molar-refractivity contribution is 5.94. The number of alkyl halides is 1. The van der Waals surface area contributed by atoms with Gasteiger partial charge in [0.2, 0.25) is 17.7 Å². The Balaban J connectivity index is 3.18. The molecule has 0 spiro atoms. The molecule has 0 aliphatic carbocycles. The predicted octanol–water partition coefficient (Wildman–Crippen LogP) is 4.48. The fraction of sp³-hybridized carbons (Fsp3) is 0.676. The lowest BCUT2D eigenvalue weighted by Crippen LogP contribution is -2.60. The SMILES string of the molecule is CC(C)C[C@@H](C(=O)N[C@H](C(=O)N(C)[C@@H](CC(C)C)C(=O)N[C@@H](C)C(=O)OCc1ccccc1)C(C)CF)N(C)C(=O)OC(C)(C)C. The highest BCUT2D eigenvalue weighted by Gasteiger charge is 2.39. The lowest BCUT2D eigenvalue weighted by Gasteiger charge is -2.35. The molecule has 1 unspecified atom stereocenters. The Morgan fingerprint density at radius 2 is 1.30 bits per heavy atom. The van der Waals surface area contributed by atoms with E-state index in [1.807, 2.05) is 58.0 Å². The Labute approximate surface area is 273 Å². The van der Waals surface area contributed by atoms with E-state index >= 15 is 0 Å². The minimum atomic E-state index is -1.33. The summed E-state index contributed by atoms with van der Waals surface area (Å²) < 4.78 is 24.9. The second kappa shape index (κ2) is 18.4. The van der Waals surface area contributed by atoms with Crippen LogP contribution in [0.5, 0.6) is 0 Å². The van der Waals surface area contributed by atoms with Crippen molar-refractivity contribution in [2.75, 3.05) is 20.8 Å². The van der Waals surface area contributed by atoms with Gasteiger partial charge in [-0.15, -0.1) is 0 Å². The molecule has 12 heteroatoms. The van der Waals surface area contributed by atoms with E-state index in [9.17, 15) is 28.4 Å². The molecule has 260 valence electrons. The van der Waals surface area contributed by atoms with Gasteiger partial charge >= 0.3 is 12.1 Å². The van der Waals surface area contributed by atoms with Crippen molar-refractivity contribution in [1.29, 1.82) is 0 Å². The van der Waals surface area contributed by atoms with Crippen LogP contribution in [-0.4, -0.2) is 90.1 Å². The molecule has 2 N–H and O–H groups in total. The van der Waals surface area contributed by atoms with E-state index in [0.717, 1.165) is 5.56 Å². The van der Waals surface area contributed by atoms with Crippen LogP contribution in [-0.2, 0) is 35.3 Å². The topological polar surface area (TPSA) is 134 Å². The van der Waals surface area contributed by atoms with Crippen LogP contribution in [0, 0.1) is 17.8 Å². The van der Waals surface area contributed by atoms with Gasteiger partial charge in [-0.1, -0.05) is 65.0 Å². The van der Waals surface area contributed by atoms with Crippen molar-refractivity contribution in [1.82, 2.24) is 20.4 Å². The first kappa shape index (κ1) is 40.3. The van der Waals surface area contributed by atoms with Gasteiger partial charge < -0.3 is 25.0 Å². The number of halogens is 1. The molecule has 11 nitrogen and oxygen atoms in total. The number of carbonyl (C=O) groups excluding carboxylic acids is 5. The number of nitrogens with zero attached hydrogens (tertiary/aromatic N) is 2. The zero-order chi connectivity index (χ0) is 35.4. The molecule has 1 aromatic rings. The molecular formula is C34H55FN4O7. The first-order valence-corrected chi connectivity index (χ1v) is 15.9. The number of hydrogen-bond acceptors (Lipinski definition) is 7. The van der Waals surface area contributed by atoms with Crippen LogP contribution in [0.2, 0.25) is 0 Å². The third kappa shape index (κ3) is 13.3. The van der Waals surface area contributed by atoms with Crippen LogP contribution in [0.25, 0.3) is 0 Å². The average molecular weight is 651 g/mol. The quantitative estimate of drug-likeness (QED) is 0.252. The van der Waals surface area contributed by atoms with Crippen molar-refractivity contribution in [3.05, 3.63) is 35.9 Å². The zero-order valence-electron chi connectivity index (χ0n) is 29.4. The van der Waals surface area contributed by atoms with Crippen molar-refractivity contribution in [2.45, 2.75) is 112 Å². The first-order chi connectivity index (χ1) is 21.3. The van der Waals surface area contributed by atoms with Crippen LogP contribution in [0.1, 0.15) is 80.7 Å². The fourth-order valence-electron chi connectivity index (χ4n) is 4.62. The number of hydrogen-bond donors (Lipinski definition) is 2. The maximum absolute atomic E-state index is 14.1. The normalized spacial score (nSPS) is 14.8. The van der Waals surface area contributed by atoms with E-state index in [1.54, 1.807) is 20.8 Å². The van der Waals surface area contributed by atoms with Crippen molar-refractivity contribution in [3.8, 4) is 0 Å². The van der Waals surface area contributed by atoms with Gasteiger partial charge in [-0.05, 0) is 57.9 Å². The molecule has 0 aliphatic heterocycles. The van der Waals surface area contributed by atoms with Gasteiger partial charge in [0.1, 0.15) is 36.4 Å². The summed E-state index contributed by atoms with van der Waals surface area (Å²) in [6, 6.07) is 4.74. The largest absolute Gasteiger partial charge is 0.459 e. The van der Waals surface area contributed by atoms with Gasteiger partial charge in [0.05, 0.1) is 6.67 Å². The van der Waals surface area contributed by atoms with Crippen LogP contribution in [0.15, 0.2) is 30.3 Å². The molecular weight excluding hydrogens is 595 g/mol. The molecule has 4 amide bonds. The second-order valence-corrected chi connectivity index (χ2v) is 13.8. The van der Waals surface area contributed by atoms with E-state index < -0.39 is 72.1 Å². The molecule has 1 aromatic carbocycles. The lowest BCUT2D eigenvalue weighted by molar-refractivity contribution is -0.150. The summed E-state index contributed by atoms with van der Waals surface area (Å²) in [5.74, 6) is -3.53. The molecule has 0 aromatic heterocycles. The summed E-state index contributed by atoms with van der Waals surface area (Å²) in [5, 5.41) is 5.30. The maximum atomic E-state index is 14.1. The van der Waals surface area contributed by atoms with Gasteiger partial charge in [0, 0.05) is 20.0 Å². The molecule has 1 rings (SSSR count). The van der Waals surface area contributed by atoms with Crippen LogP contribution >= 0.6 is 0 Å². The van der Waals surface area contributed by atoms with Crippen molar-refractivity contribution < 1.29 is 37.8 Å². The van der Waals surface area contributed by atoms with Gasteiger partial charge in [0.25, 0.3) is 0 Å². The Hall–Kier alpha value is -3.70. The molecule has 0 aliphatic rings. The first-order valence-electron chi connectivity index (χ1n) is 15.9. The Bertz CT molecular complexity index is 1160. The molecule has 0 heterocycles. The van der Waals surface area contributed by atoms with Gasteiger partial charge in [0.15, 0.2) is 0 Å². The van der Waals surface area contributed by atoms with E-state index in [0.29, 0.717) is 0 Å². The summed E-state index contributed by atoms with van der Waals surface area (Å²) in [5.41, 5.74) is -0.00333. The van der Waals surface area contributed by atoms with E-state index in [-0.39, 0.29) is 31.3 Å². The number of carbonyl (C=O) groups is 5. The van der Waals surface area contributed by atoms with E-state index in [2.05, 4.69) is 10.6 Å². The molecule has 0 radical (unpaired) electrons. The molecule has 5 atom stereocenters. The van der Waals surface area contributed by atoms with Gasteiger partial charge in [-0.25, -0.2) is 9.59 Å². The number of likely N-dealkylation sites (N-methyl/N-ethyl adjacent to an activating group) is 2. The van der Waals surface area contributed by atoms with Crippen molar-refractivity contribution >= 4 is 29.8 Å². The van der Waals surface area contributed by atoms with E-state index in [4.69, 9.17) is 9.47 Å². The maximum Gasteiger partial charge on any atom is 0.410 e. The number of benzene rings is 1. The van der Waals surface area contributed by atoms with Crippen molar-refractivity contribution in [2.24, 2.45) is 17.8 Å². The van der Waals surface area contributed by atoms with Crippen molar-refractivity contribution in [3.63, 3.8) is 0 Å². The van der Waals surface area contributed by atoms with Gasteiger partial charge in [-0.3, -0.25) is 23.7 Å². The highest BCUT2D eigenvalue weighted by Crippen LogP contribution is 2.19. The highest BCUT2D eigenvalue weighted by atomic mass is 19.1. The fourth-order valence-corrected chi connectivity index (χ4v) is 4.62. The second-order valence-electron chi connectivity index (χ2n) is 13.8. The minimum absolute atomic E-state index is 0.00319. The summed E-state index contributed by atoms with van der Waals surface area (Å²) in [6.45, 7) is 14.7. The molecule has 0 bridgehead atoms. The summed E-state index contributed by atoms with van der Waals surface area (Å²) >= 11 is 0. The predicted molar refractivity (Wildman–Crippen MR) is 174 cm³/mol. The van der Waals surface area contributed by atoms with Crippen LogP contribution in [0.4, 0.5) is 9.18 Å². The van der Waals surface area contributed by atoms with E-state index in [1.165, 1.54) is 37.7 Å². The molecule has 0 saturated carbocycles. The number of ether oxygens (including phenoxy) is 2. The molecule has 0 fully saturated rings. The Morgan fingerprint density at radius 1 is 0.804 bits per heavy atom. The van der Waals surface area contributed by atoms with Crippen LogP contribution in [0.3, 0.4) is 0 Å². The number of rotatable bonds is 16.